The van der Waals surface area contributed by atoms with Crippen molar-refractivity contribution in [1.29, 1.82) is 0 Å². The number of nitrogens with two attached hydrogens (primary N) is 1. The smallest absolute Gasteiger partial charge is 0.145 e. The van der Waals surface area contributed by atoms with Crippen LogP contribution in [0.2, 0.25) is 0 Å². The second-order valence-corrected chi connectivity index (χ2v) is 4.79. The van der Waals surface area contributed by atoms with Crippen LogP contribution in [0.4, 0.5) is 0 Å². The van der Waals surface area contributed by atoms with Gasteiger partial charge < -0.3 is 5.73 Å². The highest BCUT2D eigenvalue weighted by Crippen LogP contribution is 2.17. The van der Waals surface area contributed by atoms with Gasteiger partial charge >= 0.3 is 0 Å². The molecular formula is C12H21N3O. The van der Waals surface area contributed by atoms with Gasteiger partial charge in [-0.1, -0.05) is 20.8 Å². The topological polar surface area (TPSA) is 60.9 Å². The van der Waals surface area contributed by atoms with Crippen LogP contribution >= 0.6 is 0 Å². The first kappa shape index (κ1) is 12.9. The summed E-state index contributed by atoms with van der Waals surface area (Å²) in [4.78, 5) is 12.0. The van der Waals surface area contributed by atoms with E-state index in [4.69, 9.17) is 5.73 Å². The standard InChI is InChI=1S/C12H21N3O/c1-5-9-6-10(15(4)14-9)7-11(16)12(2,3)8-13/h6H,5,7-8,13H2,1-4H3. The molecule has 0 atom stereocenters. The number of carbonyl (C=O) groups excluding carboxylic acids is 1. The van der Waals surface area contributed by atoms with Gasteiger partial charge in [-0.3, -0.25) is 9.48 Å². The molecule has 0 aliphatic carbocycles. The van der Waals surface area contributed by atoms with E-state index in [1.807, 2.05) is 27.0 Å². The summed E-state index contributed by atoms with van der Waals surface area (Å²) in [6.07, 6.45) is 1.30. The van der Waals surface area contributed by atoms with Crippen molar-refractivity contribution in [2.24, 2.45) is 18.2 Å². The zero-order chi connectivity index (χ0) is 12.3. The van der Waals surface area contributed by atoms with Crippen LogP contribution in [0, 0.1) is 5.41 Å². The van der Waals surface area contributed by atoms with E-state index in [1.165, 1.54) is 0 Å². The average molecular weight is 223 g/mol. The summed E-state index contributed by atoms with van der Waals surface area (Å²) in [5.74, 6) is 0.167. The minimum absolute atomic E-state index is 0.167. The van der Waals surface area contributed by atoms with Crippen LogP contribution in [-0.2, 0) is 24.7 Å². The molecule has 90 valence electrons. The third-order valence-corrected chi connectivity index (χ3v) is 3.00. The van der Waals surface area contributed by atoms with Gasteiger partial charge in [0.25, 0.3) is 0 Å². The van der Waals surface area contributed by atoms with Gasteiger partial charge in [0.15, 0.2) is 0 Å². The molecule has 0 aromatic carbocycles. The summed E-state index contributed by atoms with van der Waals surface area (Å²) in [6.45, 7) is 6.20. The van der Waals surface area contributed by atoms with E-state index < -0.39 is 5.41 Å². The number of aromatic nitrogens is 2. The minimum Gasteiger partial charge on any atom is -0.329 e. The van der Waals surface area contributed by atoms with Gasteiger partial charge in [0.2, 0.25) is 0 Å². The summed E-state index contributed by atoms with van der Waals surface area (Å²) in [7, 11) is 1.87. The SMILES string of the molecule is CCc1cc(CC(=O)C(C)(C)CN)n(C)n1. The Labute approximate surface area is 96.8 Å². The Kier molecular flexibility index (Phi) is 3.86. The van der Waals surface area contributed by atoms with E-state index >= 15 is 0 Å². The fourth-order valence-electron chi connectivity index (χ4n) is 1.43. The van der Waals surface area contributed by atoms with Crippen LogP contribution < -0.4 is 5.73 Å². The van der Waals surface area contributed by atoms with Gasteiger partial charge in [0.1, 0.15) is 5.78 Å². The molecule has 0 unspecified atom stereocenters. The molecule has 0 bridgehead atoms. The quantitative estimate of drug-likeness (QED) is 0.812. The van der Waals surface area contributed by atoms with E-state index in [0.29, 0.717) is 13.0 Å². The summed E-state index contributed by atoms with van der Waals surface area (Å²) in [5.41, 5.74) is 7.12. The van der Waals surface area contributed by atoms with Crippen molar-refractivity contribution in [2.45, 2.75) is 33.6 Å². The number of nitrogens with zero attached hydrogens (tertiary/aromatic N) is 2. The fraction of sp³-hybridized carbons (Fsp3) is 0.667. The van der Waals surface area contributed by atoms with Crippen LogP contribution in [0.25, 0.3) is 0 Å². The van der Waals surface area contributed by atoms with Crippen LogP contribution in [-0.4, -0.2) is 22.1 Å². The highest BCUT2D eigenvalue weighted by Gasteiger charge is 2.26. The third-order valence-electron chi connectivity index (χ3n) is 3.00. The highest BCUT2D eigenvalue weighted by atomic mass is 16.1. The van der Waals surface area contributed by atoms with Crippen molar-refractivity contribution in [3.63, 3.8) is 0 Å². The zero-order valence-electron chi connectivity index (χ0n) is 10.6. The molecule has 16 heavy (non-hydrogen) atoms. The second-order valence-electron chi connectivity index (χ2n) is 4.79. The number of carbonyl (C=O) groups is 1. The lowest BCUT2D eigenvalue weighted by atomic mass is 9.86. The zero-order valence-corrected chi connectivity index (χ0v) is 10.6. The first-order chi connectivity index (χ1) is 7.40. The molecule has 1 rings (SSSR count). The number of ketones is 1. The Morgan fingerprint density at radius 3 is 2.62 bits per heavy atom. The third kappa shape index (κ3) is 2.70. The van der Waals surface area contributed by atoms with E-state index in [9.17, 15) is 4.79 Å². The summed E-state index contributed by atoms with van der Waals surface area (Å²) < 4.78 is 1.78. The van der Waals surface area contributed by atoms with Gasteiger partial charge in [-0.05, 0) is 12.5 Å². The molecule has 4 heteroatoms. The normalized spacial score (nSPS) is 11.8. The molecule has 2 N–H and O–H groups in total. The average Bonchev–Trinajstić information content (AvgIpc) is 2.59. The van der Waals surface area contributed by atoms with Crippen molar-refractivity contribution in [1.82, 2.24) is 9.78 Å². The van der Waals surface area contributed by atoms with Crippen molar-refractivity contribution in [3.8, 4) is 0 Å². The van der Waals surface area contributed by atoms with Crippen molar-refractivity contribution < 1.29 is 4.79 Å². The maximum atomic E-state index is 12.0. The molecule has 1 heterocycles. The van der Waals surface area contributed by atoms with Crippen LogP contribution in [0.1, 0.15) is 32.2 Å². The van der Waals surface area contributed by atoms with E-state index in [1.54, 1.807) is 4.68 Å². The van der Waals surface area contributed by atoms with Gasteiger partial charge in [-0.2, -0.15) is 5.10 Å². The number of hydrogen-bond donors (Lipinski definition) is 1. The highest BCUT2D eigenvalue weighted by molar-refractivity contribution is 5.86. The van der Waals surface area contributed by atoms with Crippen LogP contribution in [0.15, 0.2) is 6.07 Å². The Bertz CT molecular complexity index is 380. The lowest BCUT2D eigenvalue weighted by Crippen LogP contribution is -2.34. The van der Waals surface area contributed by atoms with Gasteiger partial charge in [0, 0.05) is 31.1 Å². The molecule has 1 aromatic rings. The molecular weight excluding hydrogens is 202 g/mol. The summed E-state index contributed by atoms with van der Waals surface area (Å²) >= 11 is 0. The molecule has 0 saturated carbocycles. The lowest BCUT2D eigenvalue weighted by Gasteiger charge is -2.20. The Morgan fingerprint density at radius 1 is 1.56 bits per heavy atom. The van der Waals surface area contributed by atoms with Crippen molar-refractivity contribution in [2.75, 3.05) is 6.54 Å². The van der Waals surface area contributed by atoms with E-state index in [2.05, 4.69) is 12.0 Å². The Hall–Kier alpha value is -1.16. The first-order valence-electron chi connectivity index (χ1n) is 5.66. The van der Waals surface area contributed by atoms with Gasteiger partial charge in [0.05, 0.1) is 5.69 Å². The second kappa shape index (κ2) is 4.78. The van der Waals surface area contributed by atoms with Gasteiger partial charge in [-0.25, -0.2) is 0 Å². The maximum Gasteiger partial charge on any atom is 0.145 e. The Morgan fingerprint density at radius 2 is 2.19 bits per heavy atom. The molecule has 0 aliphatic rings. The number of aryl methyl sites for hydroxylation is 2. The van der Waals surface area contributed by atoms with Crippen LogP contribution in [0.3, 0.4) is 0 Å². The first-order valence-corrected chi connectivity index (χ1v) is 5.66. The predicted molar refractivity (Wildman–Crippen MR) is 64.1 cm³/mol. The molecule has 1 aromatic heterocycles. The molecule has 0 saturated heterocycles. The number of rotatable bonds is 5. The van der Waals surface area contributed by atoms with Crippen molar-refractivity contribution in [3.05, 3.63) is 17.5 Å². The Balaban J connectivity index is 2.80. The molecule has 0 amide bonds. The molecule has 0 radical (unpaired) electrons. The molecule has 4 nitrogen and oxygen atoms in total. The van der Waals surface area contributed by atoms with E-state index in [0.717, 1.165) is 17.8 Å². The largest absolute Gasteiger partial charge is 0.329 e. The molecule has 0 spiro atoms. The van der Waals surface area contributed by atoms with Crippen LogP contribution in [0.5, 0.6) is 0 Å². The minimum atomic E-state index is -0.448. The van der Waals surface area contributed by atoms with Crippen molar-refractivity contribution >= 4 is 5.78 Å². The monoisotopic (exact) mass is 223 g/mol. The predicted octanol–water partition coefficient (Wildman–Crippen LogP) is 1.08. The fourth-order valence-corrected chi connectivity index (χ4v) is 1.43. The maximum absolute atomic E-state index is 12.0. The molecule has 0 fully saturated rings. The van der Waals surface area contributed by atoms with Gasteiger partial charge in [-0.15, -0.1) is 0 Å². The summed E-state index contributed by atoms with van der Waals surface area (Å²) in [5, 5.41) is 4.32. The van der Waals surface area contributed by atoms with E-state index in [-0.39, 0.29) is 5.78 Å². The lowest BCUT2D eigenvalue weighted by molar-refractivity contribution is -0.126. The number of hydrogen-bond acceptors (Lipinski definition) is 3. The summed E-state index contributed by atoms with van der Waals surface area (Å²) in [6, 6.07) is 1.99. The number of Topliss-reactive ketones (excluding diaryl/α,β-unsaturated/α-hetero) is 1. The molecule has 0 aliphatic heterocycles.